The highest BCUT2D eigenvalue weighted by atomic mass is 32.1. The predicted molar refractivity (Wildman–Crippen MR) is 90.4 cm³/mol. The number of nitriles is 1. The number of nitrogens with one attached hydrogen (secondary N) is 1. The van der Waals surface area contributed by atoms with Crippen molar-refractivity contribution in [2.24, 2.45) is 0 Å². The van der Waals surface area contributed by atoms with Gasteiger partial charge in [-0.3, -0.25) is 4.79 Å². The van der Waals surface area contributed by atoms with Crippen LogP contribution in [-0.4, -0.2) is 24.1 Å². The summed E-state index contributed by atoms with van der Waals surface area (Å²) in [5.74, 6) is -0.0380. The monoisotopic (exact) mass is 329 g/mol. The third-order valence-electron chi connectivity index (χ3n) is 3.16. The second-order valence-electron chi connectivity index (χ2n) is 4.97. The van der Waals surface area contributed by atoms with Crippen molar-refractivity contribution in [2.75, 3.05) is 18.5 Å². The maximum Gasteiger partial charge on any atom is 0.226 e. The molecule has 0 radical (unpaired) electrons. The molecule has 1 amide bonds. The minimum atomic E-state index is -0.0380. The van der Waals surface area contributed by atoms with Gasteiger partial charge in [0.25, 0.3) is 0 Å². The SMILES string of the molecule is CCOCCCC(=O)Nc1ncc(Cc2ccc(C#N)cc2)s1. The molecule has 0 bridgehead atoms. The quantitative estimate of drug-likeness (QED) is 0.754. The lowest BCUT2D eigenvalue weighted by Gasteiger charge is -2.02. The van der Waals surface area contributed by atoms with Crippen LogP contribution in [-0.2, 0) is 16.0 Å². The summed E-state index contributed by atoms with van der Waals surface area (Å²) in [5, 5.41) is 12.2. The van der Waals surface area contributed by atoms with E-state index in [1.54, 1.807) is 18.3 Å². The molecule has 1 aromatic carbocycles. The summed E-state index contributed by atoms with van der Waals surface area (Å²) in [4.78, 5) is 17.1. The van der Waals surface area contributed by atoms with Crippen LogP contribution in [0.1, 0.15) is 35.8 Å². The van der Waals surface area contributed by atoms with Gasteiger partial charge in [-0.25, -0.2) is 4.98 Å². The molecule has 0 aliphatic rings. The van der Waals surface area contributed by atoms with Crippen molar-refractivity contribution in [1.29, 1.82) is 5.26 Å². The fourth-order valence-corrected chi connectivity index (χ4v) is 2.87. The van der Waals surface area contributed by atoms with Crippen molar-refractivity contribution in [3.63, 3.8) is 0 Å². The fourth-order valence-electron chi connectivity index (χ4n) is 2.01. The van der Waals surface area contributed by atoms with Crippen molar-refractivity contribution in [1.82, 2.24) is 4.98 Å². The van der Waals surface area contributed by atoms with E-state index in [-0.39, 0.29) is 5.91 Å². The molecule has 5 nitrogen and oxygen atoms in total. The van der Waals surface area contributed by atoms with Crippen LogP contribution in [0.25, 0.3) is 0 Å². The molecular weight excluding hydrogens is 310 g/mol. The van der Waals surface area contributed by atoms with E-state index >= 15 is 0 Å². The van der Waals surface area contributed by atoms with E-state index in [4.69, 9.17) is 10.00 Å². The second-order valence-corrected chi connectivity index (χ2v) is 6.08. The number of rotatable bonds is 8. The lowest BCUT2D eigenvalue weighted by molar-refractivity contribution is -0.116. The van der Waals surface area contributed by atoms with Crippen molar-refractivity contribution in [3.05, 3.63) is 46.5 Å². The lowest BCUT2D eigenvalue weighted by atomic mass is 10.1. The van der Waals surface area contributed by atoms with E-state index < -0.39 is 0 Å². The van der Waals surface area contributed by atoms with Gasteiger partial charge >= 0.3 is 0 Å². The van der Waals surface area contributed by atoms with Crippen molar-refractivity contribution in [3.8, 4) is 6.07 Å². The summed E-state index contributed by atoms with van der Waals surface area (Å²) in [7, 11) is 0. The number of hydrogen-bond acceptors (Lipinski definition) is 5. The third-order valence-corrected chi connectivity index (χ3v) is 4.07. The Balaban J connectivity index is 1.82. The minimum absolute atomic E-state index is 0.0380. The number of thiazole rings is 1. The van der Waals surface area contributed by atoms with Gasteiger partial charge in [-0.15, -0.1) is 11.3 Å². The molecule has 0 aliphatic heterocycles. The van der Waals surface area contributed by atoms with Gasteiger partial charge in [-0.2, -0.15) is 5.26 Å². The zero-order chi connectivity index (χ0) is 16.5. The van der Waals surface area contributed by atoms with E-state index in [0.29, 0.717) is 36.8 Å². The van der Waals surface area contributed by atoms with Gasteiger partial charge in [0.1, 0.15) is 0 Å². The van der Waals surface area contributed by atoms with Crippen LogP contribution in [0, 0.1) is 11.3 Å². The molecule has 0 aliphatic carbocycles. The zero-order valence-electron chi connectivity index (χ0n) is 13.0. The Morgan fingerprint density at radius 1 is 1.39 bits per heavy atom. The largest absolute Gasteiger partial charge is 0.382 e. The number of nitrogens with zero attached hydrogens (tertiary/aromatic N) is 2. The number of aromatic nitrogens is 1. The number of carbonyl (C=O) groups is 1. The number of ether oxygens (including phenoxy) is 1. The minimum Gasteiger partial charge on any atom is -0.382 e. The van der Waals surface area contributed by atoms with E-state index in [0.717, 1.165) is 16.9 Å². The van der Waals surface area contributed by atoms with Crippen LogP contribution in [0.2, 0.25) is 0 Å². The summed E-state index contributed by atoms with van der Waals surface area (Å²) < 4.78 is 5.21. The average Bonchev–Trinajstić information content (AvgIpc) is 2.99. The lowest BCUT2D eigenvalue weighted by Crippen LogP contribution is -2.11. The fraction of sp³-hybridized carbons (Fsp3) is 0.353. The molecule has 120 valence electrons. The van der Waals surface area contributed by atoms with E-state index in [1.807, 2.05) is 19.1 Å². The van der Waals surface area contributed by atoms with Gasteiger partial charge in [0, 0.05) is 37.1 Å². The van der Waals surface area contributed by atoms with Crippen molar-refractivity contribution >= 4 is 22.4 Å². The molecule has 6 heteroatoms. The predicted octanol–water partition coefficient (Wildman–Crippen LogP) is 3.36. The van der Waals surface area contributed by atoms with Crippen LogP contribution in [0.4, 0.5) is 5.13 Å². The molecule has 1 aromatic heterocycles. The summed E-state index contributed by atoms with van der Waals surface area (Å²) >= 11 is 1.47. The first-order valence-electron chi connectivity index (χ1n) is 7.52. The van der Waals surface area contributed by atoms with E-state index in [9.17, 15) is 4.79 Å². The normalized spacial score (nSPS) is 10.3. The molecule has 0 saturated heterocycles. The number of carbonyl (C=O) groups excluding carboxylic acids is 1. The van der Waals surface area contributed by atoms with Gasteiger partial charge in [0.2, 0.25) is 5.91 Å². The van der Waals surface area contributed by atoms with Crippen molar-refractivity contribution in [2.45, 2.75) is 26.2 Å². The Morgan fingerprint density at radius 2 is 2.17 bits per heavy atom. The Morgan fingerprint density at radius 3 is 2.87 bits per heavy atom. The summed E-state index contributed by atoms with van der Waals surface area (Å²) in [6, 6.07) is 9.58. The highest BCUT2D eigenvalue weighted by molar-refractivity contribution is 7.15. The molecule has 0 spiro atoms. The first-order valence-corrected chi connectivity index (χ1v) is 8.34. The summed E-state index contributed by atoms with van der Waals surface area (Å²) in [5.41, 5.74) is 1.76. The highest BCUT2D eigenvalue weighted by Crippen LogP contribution is 2.21. The number of hydrogen-bond donors (Lipinski definition) is 1. The maximum absolute atomic E-state index is 11.8. The van der Waals surface area contributed by atoms with Gasteiger partial charge in [-0.1, -0.05) is 12.1 Å². The molecule has 2 rings (SSSR count). The summed E-state index contributed by atoms with van der Waals surface area (Å²) in [6.45, 7) is 3.21. The van der Waals surface area contributed by atoms with E-state index in [2.05, 4.69) is 16.4 Å². The number of benzene rings is 1. The molecule has 0 atom stereocenters. The third kappa shape index (κ3) is 5.81. The Labute approximate surface area is 139 Å². The maximum atomic E-state index is 11.8. The van der Waals surface area contributed by atoms with Crippen LogP contribution in [0.5, 0.6) is 0 Å². The van der Waals surface area contributed by atoms with E-state index in [1.165, 1.54) is 11.3 Å². The zero-order valence-corrected chi connectivity index (χ0v) is 13.9. The van der Waals surface area contributed by atoms with Gasteiger partial charge < -0.3 is 10.1 Å². The standard InChI is InChI=1S/C17H19N3O2S/c1-2-22-9-3-4-16(21)20-17-19-12-15(23-17)10-13-5-7-14(11-18)8-6-13/h5-8,12H,2-4,9-10H2,1H3,(H,19,20,21). The Bertz CT molecular complexity index is 674. The van der Waals surface area contributed by atoms with Crippen molar-refractivity contribution < 1.29 is 9.53 Å². The molecule has 2 aromatic rings. The topological polar surface area (TPSA) is 75.0 Å². The molecule has 1 N–H and O–H groups in total. The second kappa shape index (κ2) is 9.03. The number of anilines is 1. The first kappa shape index (κ1) is 17.1. The van der Waals surface area contributed by atoms with Crippen LogP contribution >= 0.6 is 11.3 Å². The molecule has 1 heterocycles. The molecule has 0 fully saturated rings. The Hall–Kier alpha value is -2.23. The summed E-state index contributed by atoms with van der Waals surface area (Å²) in [6.07, 6.45) is 3.66. The molecule has 0 unspecified atom stereocenters. The average molecular weight is 329 g/mol. The molecule has 0 saturated carbocycles. The number of amides is 1. The van der Waals surface area contributed by atoms with Gasteiger partial charge in [-0.05, 0) is 31.0 Å². The highest BCUT2D eigenvalue weighted by Gasteiger charge is 2.07. The van der Waals surface area contributed by atoms with Gasteiger partial charge in [0.05, 0.1) is 11.6 Å². The first-order chi connectivity index (χ1) is 11.2. The van der Waals surface area contributed by atoms with Crippen LogP contribution in [0.3, 0.4) is 0 Å². The van der Waals surface area contributed by atoms with Crippen LogP contribution < -0.4 is 5.32 Å². The molecular formula is C17H19N3O2S. The smallest absolute Gasteiger partial charge is 0.226 e. The molecule has 23 heavy (non-hydrogen) atoms. The van der Waals surface area contributed by atoms with Gasteiger partial charge in [0.15, 0.2) is 5.13 Å². The van der Waals surface area contributed by atoms with Crippen LogP contribution in [0.15, 0.2) is 30.5 Å². The Kier molecular flexibility index (Phi) is 6.73.